The summed E-state index contributed by atoms with van der Waals surface area (Å²) in [5.41, 5.74) is 1.38. The van der Waals surface area contributed by atoms with Crippen molar-refractivity contribution in [3.63, 3.8) is 0 Å². The van der Waals surface area contributed by atoms with Crippen molar-refractivity contribution in [2.75, 3.05) is 42.4 Å². The zero-order chi connectivity index (χ0) is 21.2. The highest BCUT2D eigenvalue weighted by Gasteiger charge is 2.25. The highest BCUT2D eigenvalue weighted by molar-refractivity contribution is 7.89. The molecule has 10 heteroatoms. The molecule has 0 fully saturated rings. The van der Waals surface area contributed by atoms with Gasteiger partial charge in [0.05, 0.1) is 35.0 Å². The molecule has 0 radical (unpaired) electrons. The molecule has 3 rings (SSSR count). The van der Waals surface area contributed by atoms with Gasteiger partial charge in [0.15, 0.2) is 0 Å². The van der Waals surface area contributed by atoms with Gasteiger partial charge in [0.25, 0.3) is 0 Å². The molecular weight excluding hydrogens is 396 g/mol. The van der Waals surface area contributed by atoms with Crippen LogP contribution in [0.1, 0.15) is 6.42 Å². The number of amides is 2. The number of rotatable bonds is 5. The Balaban J connectivity index is 1.88. The molecule has 9 nitrogen and oxygen atoms in total. The van der Waals surface area contributed by atoms with E-state index in [1.807, 2.05) is 0 Å². The lowest BCUT2D eigenvalue weighted by atomic mass is 10.2. The van der Waals surface area contributed by atoms with Crippen LogP contribution >= 0.6 is 0 Å². The lowest BCUT2D eigenvalue weighted by Crippen LogP contribution is -2.37. The van der Waals surface area contributed by atoms with E-state index in [-0.39, 0.29) is 36.1 Å². The Morgan fingerprint density at radius 2 is 1.97 bits per heavy atom. The molecule has 154 valence electrons. The number of hydrogen-bond donors (Lipinski definition) is 2. The Kier molecular flexibility index (Phi) is 5.76. The van der Waals surface area contributed by atoms with Gasteiger partial charge < -0.3 is 15.0 Å². The van der Waals surface area contributed by atoms with Crippen LogP contribution < -0.4 is 25.0 Å². The Hall–Kier alpha value is -3.11. The maximum Gasteiger partial charge on any atom is 0.244 e. The lowest BCUT2D eigenvalue weighted by molar-refractivity contribution is -0.121. The van der Waals surface area contributed by atoms with E-state index in [2.05, 4.69) is 5.32 Å². The molecule has 0 aromatic heterocycles. The van der Waals surface area contributed by atoms with Crippen molar-refractivity contribution in [2.45, 2.75) is 11.3 Å². The molecule has 0 bridgehead atoms. The van der Waals surface area contributed by atoms with Gasteiger partial charge in [-0.15, -0.1) is 0 Å². The monoisotopic (exact) mass is 418 g/mol. The van der Waals surface area contributed by atoms with Crippen LogP contribution in [-0.4, -0.2) is 47.5 Å². The molecular formula is C19H22N4O5S. The topological polar surface area (TPSA) is 122 Å². The molecule has 2 amide bonds. The summed E-state index contributed by atoms with van der Waals surface area (Å²) in [6.07, 6.45) is 0.145. The first-order chi connectivity index (χ1) is 13.7. The molecule has 3 N–H and O–H groups in total. The van der Waals surface area contributed by atoms with Gasteiger partial charge in [-0.25, -0.2) is 13.6 Å². The highest BCUT2D eigenvalue weighted by atomic mass is 32.2. The van der Waals surface area contributed by atoms with E-state index < -0.39 is 15.9 Å². The van der Waals surface area contributed by atoms with Crippen LogP contribution in [0.15, 0.2) is 47.4 Å². The number of hydrogen-bond acceptors (Lipinski definition) is 6. The van der Waals surface area contributed by atoms with Gasteiger partial charge in [-0.05, 0) is 30.3 Å². The zero-order valence-electron chi connectivity index (χ0n) is 16.1. The number of anilines is 3. The van der Waals surface area contributed by atoms with Gasteiger partial charge in [-0.3, -0.25) is 14.5 Å². The molecule has 0 aliphatic carbocycles. The number of carbonyl (C=O) groups excluding carboxylic acids is 2. The number of primary sulfonamides is 1. The SMILES string of the molecule is CN(C)c1ccc(S(N)(=O)=O)cc1NC(=O)CN1C(=O)CCOc2ccccc21. The van der Waals surface area contributed by atoms with Gasteiger partial charge in [0, 0.05) is 14.1 Å². The van der Waals surface area contributed by atoms with Gasteiger partial charge in [-0.1, -0.05) is 12.1 Å². The Bertz CT molecular complexity index is 1050. The van der Waals surface area contributed by atoms with Gasteiger partial charge in [-0.2, -0.15) is 0 Å². The van der Waals surface area contributed by atoms with Crippen molar-refractivity contribution in [3.05, 3.63) is 42.5 Å². The van der Waals surface area contributed by atoms with Gasteiger partial charge in [0.2, 0.25) is 21.8 Å². The van der Waals surface area contributed by atoms with Gasteiger partial charge in [0.1, 0.15) is 12.3 Å². The first-order valence-corrected chi connectivity index (χ1v) is 10.4. The first-order valence-electron chi connectivity index (χ1n) is 8.83. The van der Waals surface area contributed by atoms with Crippen LogP contribution in [0, 0.1) is 0 Å². The maximum atomic E-state index is 12.7. The number of nitrogens with zero attached hydrogens (tertiary/aromatic N) is 2. The van der Waals surface area contributed by atoms with E-state index in [1.54, 1.807) is 49.3 Å². The van der Waals surface area contributed by atoms with Crippen molar-refractivity contribution in [1.82, 2.24) is 0 Å². The van der Waals surface area contributed by atoms with Crippen LogP contribution in [0.5, 0.6) is 5.75 Å². The average Bonchev–Trinajstić information content (AvgIpc) is 2.80. The third-order valence-electron chi connectivity index (χ3n) is 4.38. The molecule has 0 saturated carbocycles. The molecule has 0 atom stereocenters. The summed E-state index contributed by atoms with van der Waals surface area (Å²) >= 11 is 0. The quantitative estimate of drug-likeness (QED) is 0.751. The third-order valence-corrected chi connectivity index (χ3v) is 5.30. The molecule has 1 aliphatic rings. The standard InChI is InChI=1S/C19H22N4O5S/c1-22(2)15-8-7-13(29(20,26)27)11-14(15)21-18(24)12-23-16-5-3-4-6-17(16)28-10-9-19(23)25/h3-8,11H,9-10,12H2,1-2H3,(H,21,24)(H2,20,26,27). The summed E-state index contributed by atoms with van der Waals surface area (Å²) < 4.78 is 28.9. The number of para-hydroxylation sites is 2. The minimum Gasteiger partial charge on any atom is -0.491 e. The van der Waals surface area contributed by atoms with Crippen molar-refractivity contribution in [1.29, 1.82) is 0 Å². The molecule has 2 aromatic carbocycles. The number of benzene rings is 2. The molecule has 2 aromatic rings. The van der Waals surface area contributed by atoms with E-state index in [1.165, 1.54) is 17.0 Å². The third kappa shape index (κ3) is 4.66. The minimum absolute atomic E-state index is 0.122. The fourth-order valence-corrected chi connectivity index (χ4v) is 3.55. The summed E-state index contributed by atoms with van der Waals surface area (Å²) in [6, 6.07) is 11.2. The van der Waals surface area contributed by atoms with Gasteiger partial charge >= 0.3 is 0 Å². The van der Waals surface area contributed by atoms with E-state index in [0.29, 0.717) is 17.1 Å². The number of fused-ring (bicyclic) bond motifs is 1. The number of nitrogens with two attached hydrogens (primary N) is 1. The first kappa shape index (κ1) is 20.6. The Morgan fingerprint density at radius 3 is 2.66 bits per heavy atom. The van der Waals surface area contributed by atoms with Crippen molar-refractivity contribution < 1.29 is 22.7 Å². The van der Waals surface area contributed by atoms with E-state index in [4.69, 9.17) is 9.88 Å². The average molecular weight is 418 g/mol. The molecule has 1 aliphatic heterocycles. The predicted molar refractivity (Wildman–Crippen MR) is 110 cm³/mol. The van der Waals surface area contributed by atoms with Crippen molar-refractivity contribution in [3.8, 4) is 5.75 Å². The van der Waals surface area contributed by atoms with Crippen molar-refractivity contribution >= 4 is 38.9 Å². The minimum atomic E-state index is -3.94. The predicted octanol–water partition coefficient (Wildman–Crippen LogP) is 1.15. The van der Waals surface area contributed by atoms with Crippen LogP contribution in [0.4, 0.5) is 17.1 Å². The maximum absolute atomic E-state index is 12.7. The van der Waals surface area contributed by atoms with E-state index in [9.17, 15) is 18.0 Å². The summed E-state index contributed by atoms with van der Waals surface area (Å²) in [7, 11) is -0.420. The lowest BCUT2D eigenvalue weighted by Gasteiger charge is -2.23. The second-order valence-electron chi connectivity index (χ2n) is 6.71. The summed E-state index contributed by atoms with van der Waals surface area (Å²) in [5, 5.41) is 7.89. The molecule has 1 heterocycles. The Morgan fingerprint density at radius 1 is 1.24 bits per heavy atom. The van der Waals surface area contributed by atoms with Crippen molar-refractivity contribution in [2.24, 2.45) is 5.14 Å². The molecule has 0 spiro atoms. The van der Waals surface area contributed by atoms with Crippen LogP contribution in [0.25, 0.3) is 0 Å². The van der Waals surface area contributed by atoms with E-state index >= 15 is 0 Å². The second kappa shape index (κ2) is 8.10. The summed E-state index contributed by atoms with van der Waals surface area (Å²) in [4.78, 5) is 28.2. The fraction of sp³-hybridized carbons (Fsp3) is 0.263. The van der Waals surface area contributed by atoms with Crippen LogP contribution in [0.3, 0.4) is 0 Å². The zero-order valence-corrected chi connectivity index (χ0v) is 16.9. The summed E-state index contributed by atoms with van der Waals surface area (Å²) in [5.74, 6) is -0.197. The fourth-order valence-electron chi connectivity index (χ4n) is 3.01. The molecule has 29 heavy (non-hydrogen) atoms. The second-order valence-corrected chi connectivity index (χ2v) is 8.27. The Labute approximate surface area is 169 Å². The summed E-state index contributed by atoms with van der Waals surface area (Å²) in [6.45, 7) is -0.0131. The number of carbonyl (C=O) groups is 2. The van der Waals surface area contributed by atoms with Crippen LogP contribution in [0.2, 0.25) is 0 Å². The van der Waals surface area contributed by atoms with Crippen LogP contribution in [-0.2, 0) is 19.6 Å². The number of nitrogens with one attached hydrogen (secondary N) is 1. The smallest absolute Gasteiger partial charge is 0.244 e. The highest BCUT2D eigenvalue weighted by Crippen LogP contribution is 2.31. The normalized spacial score (nSPS) is 13.9. The van der Waals surface area contributed by atoms with E-state index in [0.717, 1.165) is 0 Å². The molecule has 0 unspecified atom stereocenters. The number of sulfonamides is 1. The molecule has 0 saturated heterocycles. The number of ether oxygens (including phenoxy) is 1. The largest absolute Gasteiger partial charge is 0.491 e.